The van der Waals surface area contributed by atoms with Gasteiger partial charge < -0.3 is 10.2 Å². The first-order valence-electron chi connectivity index (χ1n) is 9.96. The van der Waals surface area contributed by atoms with E-state index >= 15 is 0 Å². The second-order valence-electron chi connectivity index (χ2n) is 7.66. The molecule has 0 aliphatic carbocycles. The van der Waals surface area contributed by atoms with Crippen LogP contribution in [0.2, 0.25) is 0 Å². The molecule has 2 N–H and O–H groups in total. The summed E-state index contributed by atoms with van der Waals surface area (Å²) < 4.78 is 0. The molecule has 0 bridgehead atoms. The smallest absolute Gasteiger partial charge is 0.264 e. The molecule has 2 fully saturated rings. The maximum atomic E-state index is 13.2. The van der Waals surface area contributed by atoms with E-state index < -0.39 is 23.8 Å². The van der Waals surface area contributed by atoms with E-state index in [1.807, 2.05) is 18.0 Å². The van der Waals surface area contributed by atoms with Gasteiger partial charge in [0.1, 0.15) is 6.04 Å². The number of nitrogens with one attached hydrogen (secondary N) is 2. The van der Waals surface area contributed by atoms with E-state index in [1.165, 1.54) is 0 Å². The molecule has 1 unspecified atom stereocenters. The highest BCUT2D eigenvalue weighted by atomic mass is 16.2. The third-order valence-electron chi connectivity index (χ3n) is 5.82. The zero-order chi connectivity index (χ0) is 20.5. The summed E-state index contributed by atoms with van der Waals surface area (Å²) in [6.07, 6.45) is 0.269. The Morgan fingerprint density at radius 3 is 2.59 bits per heavy atom. The molecule has 1 aromatic rings. The summed E-state index contributed by atoms with van der Waals surface area (Å²) in [7, 11) is 1.91. The van der Waals surface area contributed by atoms with Crippen molar-refractivity contribution in [1.82, 2.24) is 20.4 Å². The number of likely N-dealkylation sites (N-methyl/N-ethyl adjacent to an activating group) is 1. The molecule has 2 saturated heterocycles. The van der Waals surface area contributed by atoms with Crippen molar-refractivity contribution in [1.29, 1.82) is 0 Å². The largest absolute Gasteiger partial charge is 0.373 e. The molecule has 4 rings (SSSR count). The number of fused-ring (bicyclic) bond motifs is 1. The molecule has 0 aromatic heterocycles. The zero-order valence-electron chi connectivity index (χ0n) is 16.4. The van der Waals surface area contributed by atoms with Crippen molar-refractivity contribution in [2.24, 2.45) is 0 Å². The van der Waals surface area contributed by atoms with Gasteiger partial charge in [0.15, 0.2) is 0 Å². The summed E-state index contributed by atoms with van der Waals surface area (Å²) in [4.78, 5) is 55.1. The minimum Gasteiger partial charge on any atom is -0.373 e. The third-order valence-corrected chi connectivity index (χ3v) is 5.82. The van der Waals surface area contributed by atoms with Gasteiger partial charge in [-0.15, -0.1) is 0 Å². The molecule has 154 valence electrons. The lowest BCUT2D eigenvalue weighted by Crippen LogP contribution is -2.54. The van der Waals surface area contributed by atoms with Gasteiger partial charge in [0.2, 0.25) is 11.8 Å². The highest BCUT2D eigenvalue weighted by molar-refractivity contribution is 6.25. The highest BCUT2D eigenvalue weighted by Gasteiger charge is 2.45. The van der Waals surface area contributed by atoms with Crippen LogP contribution in [0.3, 0.4) is 0 Å². The Morgan fingerprint density at radius 2 is 1.86 bits per heavy atom. The maximum absolute atomic E-state index is 13.2. The monoisotopic (exact) mass is 399 g/mol. The molecular formula is C20H25N5O4. The Labute approximate surface area is 169 Å². The summed E-state index contributed by atoms with van der Waals surface area (Å²) in [6.45, 7) is 5.50. The molecule has 0 saturated carbocycles. The number of rotatable bonds is 5. The molecule has 3 aliphatic heterocycles. The predicted octanol–water partition coefficient (Wildman–Crippen LogP) is -0.571. The van der Waals surface area contributed by atoms with Crippen LogP contribution in [0.1, 0.15) is 33.6 Å². The molecule has 1 atom stereocenters. The van der Waals surface area contributed by atoms with Gasteiger partial charge in [0.05, 0.1) is 16.8 Å². The Hall–Kier alpha value is -2.78. The number of imide groups is 2. The Kier molecular flexibility index (Phi) is 5.33. The average Bonchev–Trinajstić information content (AvgIpc) is 2.98. The second kappa shape index (κ2) is 7.92. The number of benzene rings is 1. The van der Waals surface area contributed by atoms with Gasteiger partial charge in [0, 0.05) is 52.7 Å². The average molecular weight is 399 g/mol. The number of carbonyl (C=O) groups is 4. The van der Waals surface area contributed by atoms with Crippen LogP contribution in [0.15, 0.2) is 18.2 Å². The van der Waals surface area contributed by atoms with Gasteiger partial charge in [-0.3, -0.25) is 34.3 Å². The van der Waals surface area contributed by atoms with E-state index in [2.05, 4.69) is 15.5 Å². The summed E-state index contributed by atoms with van der Waals surface area (Å²) in [5.41, 5.74) is 1.34. The number of hydrogen-bond donors (Lipinski definition) is 2. The first-order valence-corrected chi connectivity index (χ1v) is 9.96. The molecule has 1 aromatic carbocycles. The number of carbonyl (C=O) groups excluding carboxylic acids is 4. The molecule has 9 nitrogen and oxygen atoms in total. The van der Waals surface area contributed by atoms with Crippen LogP contribution < -0.4 is 15.5 Å². The Morgan fingerprint density at radius 1 is 1.10 bits per heavy atom. The number of amides is 4. The van der Waals surface area contributed by atoms with E-state index in [-0.39, 0.29) is 18.7 Å². The third kappa shape index (κ3) is 3.63. The van der Waals surface area contributed by atoms with Crippen LogP contribution in [0, 0.1) is 0 Å². The van der Waals surface area contributed by atoms with Crippen LogP contribution in [0.5, 0.6) is 0 Å². The lowest BCUT2D eigenvalue weighted by Gasteiger charge is -2.30. The van der Waals surface area contributed by atoms with E-state index in [1.54, 1.807) is 12.1 Å². The van der Waals surface area contributed by atoms with Crippen LogP contribution in [-0.4, -0.2) is 85.8 Å². The zero-order valence-corrected chi connectivity index (χ0v) is 16.4. The normalized spacial score (nSPS) is 22.7. The Bertz CT molecular complexity index is 864. The summed E-state index contributed by atoms with van der Waals surface area (Å²) in [6, 6.07) is 4.26. The van der Waals surface area contributed by atoms with E-state index in [9.17, 15) is 19.2 Å². The van der Waals surface area contributed by atoms with Crippen molar-refractivity contribution < 1.29 is 19.2 Å². The fourth-order valence-corrected chi connectivity index (χ4v) is 4.16. The minimum absolute atomic E-state index is 0.112. The SMILES string of the molecule is CN(CCN1CCNCC1)c1cccc2c1C(=O)N(C1CCC(=O)NC1=O)C2=O. The quantitative estimate of drug-likeness (QED) is 0.640. The van der Waals surface area contributed by atoms with E-state index in [4.69, 9.17) is 0 Å². The van der Waals surface area contributed by atoms with Crippen LogP contribution in [0.25, 0.3) is 0 Å². The van der Waals surface area contributed by atoms with Crippen molar-refractivity contribution >= 4 is 29.3 Å². The van der Waals surface area contributed by atoms with E-state index in [0.717, 1.165) is 44.2 Å². The van der Waals surface area contributed by atoms with Crippen LogP contribution >= 0.6 is 0 Å². The predicted molar refractivity (Wildman–Crippen MR) is 106 cm³/mol. The first kappa shape index (κ1) is 19.5. The van der Waals surface area contributed by atoms with Gasteiger partial charge in [-0.2, -0.15) is 0 Å². The molecular weight excluding hydrogens is 374 g/mol. The van der Waals surface area contributed by atoms with Crippen molar-refractivity contribution in [3.63, 3.8) is 0 Å². The standard InChI is InChI=1S/C20H25N5O4/c1-23(11-12-24-9-7-21-8-10-24)14-4-2-3-13-17(14)20(29)25(19(13)28)15-5-6-16(26)22-18(15)27/h2-4,15,21H,5-12H2,1H3,(H,22,26,27). The molecule has 9 heteroatoms. The maximum Gasteiger partial charge on any atom is 0.264 e. The van der Waals surface area contributed by atoms with Gasteiger partial charge >= 0.3 is 0 Å². The summed E-state index contributed by atoms with van der Waals surface area (Å²) in [5, 5.41) is 5.55. The van der Waals surface area contributed by atoms with Gasteiger partial charge in [0.25, 0.3) is 11.8 Å². The first-order chi connectivity index (χ1) is 14.0. The van der Waals surface area contributed by atoms with Gasteiger partial charge in [-0.25, -0.2) is 0 Å². The molecule has 4 amide bonds. The second-order valence-corrected chi connectivity index (χ2v) is 7.66. The Balaban J connectivity index is 1.54. The van der Waals surface area contributed by atoms with E-state index in [0.29, 0.717) is 16.8 Å². The van der Waals surface area contributed by atoms with Crippen molar-refractivity contribution in [2.75, 3.05) is 51.2 Å². The number of piperazine rings is 1. The molecule has 3 heterocycles. The van der Waals surface area contributed by atoms with Crippen molar-refractivity contribution in [2.45, 2.75) is 18.9 Å². The fraction of sp³-hybridized carbons (Fsp3) is 0.500. The van der Waals surface area contributed by atoms with Crippen molar-refractivity contribution in [3.05, 3.63) is 29.3 Å². The topological polar surface area (TPSA) is 102 Å². The van der Waals surface area contributed by atoms with Crippen molar-refractivity contribution in [3.8, 4) is 0 Å². The fourth-order valence-electron chi connectivity index (χ4n) is 4.16. The minimum atomic E-state index is -0.945. The number of anilines is 1. The molecule has 0 radical (unpaired) electrons. The number of hydrogen-bond acceptors (Lipinski definition) is 7. The summed E-state index contributed by atoms with van der Waals surface area (Å²) >= 11 is 0. The van der Waals surface area contributed by atoms with Crippen LogP contribution in [-0.2, 0) is 9.59 Å². The van der Waals surface area contributed by atoms with Gasteiger partial charge in [-0.05, 0) is 18.6 Å². The lowest BCUT2D eigenvalue weighted by atomic mass is 10.0. The molecule has 29 heavy (non-hydrogen) atoms. The molecule has 3 aliphatic rings. The van der Waals surface area contributed by atoms with Gasteiger partial charge in [-0.1, -0.05) is 6.07 Å². The number of piperidine rings is 1. The molecule has 0 spiro atoms. The number of nitrogens with zero attached hydrogens (tertiary/aromatic N) is 3. The summed E-state index contributed by atoms with van der Waals surface area (Å²) in [5.74, 6) is -1.92. The lowest BCUT2D eigenvalue weighted by molar-refractivity contribution is -0.136. The van der Waals surface area contributed by atoms with Crippen LogP contribution in [0.4, 0.5) is 5.69 Å². The highest BCUT2D eigenvalue weighted by Crippen LogP contribution is 2.33.